The van der Waals surface area contributed by atoms with E-state index in [0.717, 1.165) is 0 Å². The Balaban J connectivity index is 2.17. The van der Waals surface area contributed by atoms with Gasteiger partial charge in [0.25, 0.3) is 0 Å². The van der Waals surface area contributed by atoms with Gasteiger partial charge >= 0.3 is 0 Å². The zero-order valence-corrected chi connectivity index (χ0v) is 18.6. The minimum absolute atomic E-state index is 0.0473. The molecule has 27 heavy (non-hydrogen) atoms. The molecule has 0 aromatic heterocycles. The van der Waals surface area contributed by atoms with E-state index in [2.05, 4.69) is 90.6 Å². The Bertz CT molecular complexity index is 942. The molecule has 0 aliphatic heterocycles. The summed E-state index contributed by atoms with van der Waals surface area (Å²) in [6, 6.07) is 25.6. The Hall–Kier alpha value is -1.75. The standard InChI is InChI=1S/C23H29NOSSi/c1-23(2,3)26(25)24-22(27(4,5)19-14-7-6-8-15-19)21-17-11-13-18-12-9-10-16-20(18)21/h6-17,22,24H,1-5H3/t22-,26?/m1/s1. The predicted octanol–water partition coefficient (Wildman–Crippen LogP) is 5.09. The Kier molecular flexibility index (Phi) is 5.70. The molecule has 0 radical (unpaired) electrons. The molecule has 3 aromatic carbocycles. The van der Waals surface area contributed by atoms with Gasteiger partial charge in [-0.1, -0.05) is 91.1 Å². The number of nitrogens with one attached hydrogen (secondary N) is 1. The lowest BCUT2D eigenvalue weighted by Gasteiger charge is -2.36. The molecule has 0 saturated heterocycles. The smallest absolute Gasteiger partial charge is 0.105 e. The molecule has 1 unspecified atom stereocenters. The van der Waals surface area contributed by atoms with Crippen LogP contribution in [0.2, 0.25) is 13.1 Å². The van der Waals surface area contributed by atoms with Gasteiger partial charge in [-0.3, -0.25) is 0 Å². The fourth-order valence-electron chi connectivity index (χ4n) is 3.42. The van der Waals surface area contributed by atoms with Gasteiger partial charge in [-0.2, -0.15) is 0 Å². The van der Waals surface area contributed by atoms with E-state index < -0.39 is 19.1 Å². The molecule has 0 fully saturated rings. The molecule has 142 valence electrons. The highest BCUT2D eigenvalue weighted by Gasteiger charge is 2.38. The topological polar surface area (TPSA) is 29.1 Å². The third-order valence-electron chi connectivity index (χ3n) is 5.15. The first-order valence-corrected chi connectivity index (χ1v) is 13.7. The molecule has 4 heteroatoms. The number of fused-ring (bicyclic) bond motifs is 1. The molecule has 1 N–H and O–H groups in total. The molecular weight excluding hydrogens is 366 g/mol. The van der Waals surface area contributed by atoms with Crippen LogP contribution in [0.1, 0.15) is 32.0 Å². The second kappa shape index (κ2) is 7.70. The SMILES string of the molecule is CC(C)(C)S(=O)N[C@@H](c1cccc2ccccc12)[Si](C)(C)c1ccccc1. The van der Waals surface area contributed by atoms with E-state index in [1.54, 1.807) is 0 Å². The monoisotopic (exact) mass is 395 g/mol. The van der Waals surface area contributed by atoms with E-state index in [4.69, 9.17) is 0 Å². The third kappa shape index (κ3) is 4.23. The fourth-order valence-corrected chi connectivity index (χ4v) is 8.03. The molecule has 0 aliphatic carbocycles. The molecule has 2 atom stereocenters. The van der Waals surface area contributed by atoms with Crippen LogP contribution in [0.25, 0.3) is 10.8 Å². The molecule has 0 bridgehead atoms. The molecule has 3 rings (SSSR count). The van der Waals surface area contributed by atoms with Gasteiger partial charge in [-0.05, 0) is 37.1 Å². The number of rotatable bonds is 5. The zero-order valence-electron chi connectivity index (χ0n) is 16.8. The summed E-state index contributed by atoms with van der Waals surface area (Å²) in [7, 11) is -3.16. The van der Waals surface area contributed by atoms with E-state index in [0.29, 0.717) is 0 Å². The van der Waals surface area contributed by atoms with Crippen molar-refractivity contribution in [1.82, 2.24) is 4.72 Å². The Labute approximate surface area is 166 Å². The second-order valence-corrected chi connectivity index (χ2v) is 15.2. The first-order chi connectivity index (χ1) is 12.7. The van der Waals surface area contributed by atoms with Gasteiger partial charge in [-0.25, -0.2) is 8.93 Å². The minimum Gasteiger partial charge on any atom is -0.242 e. The van der Waals surface area contributed by atoms with Crippen molar-refractivity contribution >= 4 is 35.0 Å². The lowest BCUT2D eigenvalue weighted by molar-refractivity contribution is 0.631. The lowest BCUT2D eigenvalue weighted by Crippen LogP contribution is -2.54. The summed E-state index contributed by atoms with van der Waals surface area (Å²) in [5.74, 6) is 0. The lowest BCUT2D eigenvalue weighted by atomic mass is 10.0. The maximum Gasteiger partial charge on any atom is 0.105 e. The molecule has 0 spiro atoms. The van der Waals surface area contributed by atoms with Crippen molar-refractivity contribution in [2.75, 3.05) is 0 Å². The van der Waals surface area contributed by atoms with Crippen LogP contribution in [-0.2, 0) is 11.0 Å². The highest BCUT2D eigenvalue weighted by atomic mass is 32.2. The highest BCUT2D eigenvalue weighted by molar-refractivity contribution is 7.84. The van der Waals surface area contributed by atoms with Crippen molar-refractivity contribution in [3.63, 3.8) is 0 Å². The van der Waals surface area contributed by atoms with Gasteiger partial charge in [-0.15, -0.1) is 0 Å². The van der Waals surface area contributed by atoms with Crippen molar-refractivity contribution in [3.8, 4) is 0 Å². The number of hydrogen-bond acceptors (Lipinski definition) is 1. The van der Waals surface area contributed by atoms with Gasteiger partial charge in [0.2, 0.25) is 0 Å². The van der Waals surface area contributed by atoms with E-state index in [-0.39, 0.29) is 10.4 Å². The summed E-state index contributed by atoms with van der Waals surface area (Å²) < 4.78 is 16.3. The Morgan fingerprint density at radius 1 is 0.852 bits per heavy atom. The summed E-state index contributed by atoms with van der Waals surface area (Å²) in [5.41, 5.74) is 1.29. The van der Waals surface area contributed by atoms with Crippen LogP contribution in [0.15, 0.2) is 72.8 Å². The first kappa shape index (κ1) is 20.0. The van der Waals surface area contributed by atoms with Crippen LogP contribution >= 0.6 is 0 Å². The van der Waals surface area contributed by atoms with Crippen molar-refractivity contribution in [2.24, 2.45) is 0 Å². The Morgan fingerprint density at radius 3 is 2.11 bits per heavy atom. The molecular formula is C23H29NOSSi. The normalized spacial score (nSPS) is 14.9. The Morgan fingerprint density at radius 2 is 1.44 bits per heavy atom. The van der Waals surface area contributed by atoms with E-state index in [1.165, 1.54) is 21.5 Å². The van der Waals surface area contributed by atoms with Gasteiger partial charge in [0.05, 0.1) is 15.7 Å². The molecule has 3 aromatic rings. The summed E-state index contributed by atoms with van der Waals surface area (Å²) in [6.07, 6.45) is 0. The average Bonchev–Trinajstić information content (AvgIpc) is 2.65. The molecule has 2 nitrogen and oxygen atoms in total. The van der Waals surface area contributed by atoms with Crippen molar-refractivity contribution in [2.45, 2.75) is 44.3 Å². The largest absolute Gasteiger partial charge is 0.242 e. The van der Waals surface area contributed by atoms with Gasteiger partial charge in [0.15, 0.2) is 0 Å². The van der Waals surface area contributed by atoms with Crippen molar-refractivity contribution < 1.29 is 4.21 Å². The second-order valence-electron chi connectivity index (χ2n) is 8.59. The van der Waals surface area contributed by atoms with Crippen LogP contribution < -0.4 is 9.91 Å². The molecule has 0 saturated carbocycles. The van der Waals surface area contributed by atoms with Gasteiger partial charge in [0, 0.05) is 5.67 Å². The van der Waals surface area contributed by atoms with Crippen molar-refractivity contribution in [1.29, 1.82) is 0 Å². The van der Waals surface area contributed by atoms with E-state index in [9.17, 15) is 4.21 Å². The van der Waals surface area contributed by atoms with Crippen LogP contribution in [0, 0.1) is 0 Å². The third-order valence-corrected chi connectivity index (χ3v) is 10.6. The summed E-state index contributed by atoms with van der Waals surface area (Å²) in [4.78, 5) is 0. The van der Waals surface area contributed by atoms with Crippen LogP contribution in [-0.4, -0.2) is 17.0 Å². The predicted molar refractivity (Wildman–Crippen MR) is 121 cm³/mol. The van der Waals surface area contributed by atoms with E-state index >= 15 is 0 Å². The maximum atomic E-state index is 13.1. The minimum atomic E-state index is -2.01. The average molecular weight is 396 g/mol. The zero-order chi connectivity index (χ0) is 19.7. The molecule has 0 heterocycles. The summed E-state index contributed by atoms with van der Waals surface area (Å²) >= 11 is 0. The van der Waals surface area contributed by atoms with Gasteiger partial charge < -0.3 is 0 Å². The maximum absolute atomic E-state index is 13.1. The summed E-state index contributed by atoms with van der Waals surface area (Å²) in [6.45, 7) is 10.8. The quantitative estimate of drug-likeness (QED) is 0.599. The fraction of sp³-hybridized carbons (Fsp3) is 0.304. The van der Waals surface area contributed by atoms with Gasteiger partial charge in [0.1, 0.15) is 8.07 Å². The molecule has 0 aliphatic rings. The van der Waals surface area contributed by atoms with E-state index in [1.807, 2.05) is 20.8 Å². The first-order valence-electron chi connectivity index (χ1n) is 9.42. The highest BCUT2D eigenvalue weighted by Crippen LogP contribution is 2.32. The van der Waals surface area contributed by atoms with Crippen LogP contribution in [0.5, 0.6) is 0 Å². The van der Waals surface area contributed by atoms with Crippen LogP contribution in [0.4, 0.5) is 0 Å². The van der Waals surface area contributed by atoms with Crippen LogP contribution in [0.3, 0.4) is 0 Å². The van der Waals surface area contributed by atoms with Crippen molar-refractivity contribution in [3.05, 3.63) is 78.4 Å². The number of hydrogen-bond donors (Lipinski definition) is 1. The summed E-state index contributed by atoms with van der Waals surface area (Å²) in [5, 5.41) is 3.82. The molecule has 0 amide bonds. The number of benzene rings is 3.